The van der Waals surface area contributed by atoms with Crippen LogP contribution in [0, 0.1) is 34.5 Å². The molecule has 0 N–H and O–H groups in total. The first-order valence-corrected chi connectivity index (χ1v) is 7.92. The summed E-state index contributed by atoms with van der Waals surface area (Å²) in [5.41, 5.74) is 0.375. The molecule has 0 heterocycles. The Kier molecular flexibility index (Phi) is 6.33. The quantitative estimate of drug-likeness (QED) is 0.691. The summed E-state index contributed by atoms with van der Waals surface area (Å²) in [5, 5.41) is 9.29. The molecule has 1 aliphatic rings. The summed E-state index contributed by atoms with van der Waals surface area (Å²) in [6.45, 7) is 12.2. The highest BCUT2D eigenvalue weighted by molar-refractivity contribution is 4.96. The van der Waals surface area contributed by atoms with Gasteiger partial charge in [0.2, 0.25) is 0 Å². The molecule has 2 heteroatoms. The molecular weight excluding hydrogens is 234 g/mol. The number of hydrogen-bond donors (Lipinski definition) is 0. The molecule has 1 aliphatic carbocycles. The van der Waals surface area contributed by atoms with Crippen LogP contribution in [0.1, 0.15) is 66.7 Å². The average molecular weight is 265 g/mol. The first-order valence-electron chi connectivity index (χ1n) is 7.92. The molecule has 1 rings (SSSR count). The van der Waals surface area contributed by atoms with E-state index >= 15 is 0 Å². The Hall–Kier alpha value is -0.550. The Morgan fingerprint density at radius 2 is 2.00 bits per heavy atom. The molecule has 0 amide bonds. The van der Waals surface area contributed by atoms with Gasteiger partial charge in [-0.1, -0.05) is 41.0 Å². The second-order valence-electron chi connectivity index (χ2n) is 7.18. The van der Waals surface area contributed by atoms with Gasteiger partial charge in [-0.15, -0.1) is 0 Å². The van der Waals surface area contributed by atoms with E-state index in [4.69, 9.17) is 4.74 Å². The first kappa shape index (κ1) is 16.5. The highest BCUT2D eigenvalue weighted by atomic mass is 16.5. The monoisotopic (exact) mass is 265 g/mol. The molecule has 0 spiro atoms. The van der Waals surface area contributed by atoms with Gasteiger partial charge >= 0.3 is 0 Å². The molecule has 0 aromatic heterocycles. The molecule has 0 aliphatic heterocycles. The standard InChI is InChI=1S/C17H31NO/c1-6-17(4,5)15-8-7-14(12-18)16(11-15)19-10-9-13(2)3/h13-16H,6-11H2,1-5H3. The second-order valence-corrected chi connectivity index (χ2v) is 7.18. The van der Waals surface area contributed by atoms with Gasteiger partial charge in [0.1, 0.15) is 0 Å². The minimum Gasteiger partial charge on any atom is -0.377 e. The second kappa shape index (κ2) is 7.29. The molecule has 0 radical (unpaired) electrons. The summed E-state index contributed by atoms with van der Waals surface area (Å²) in [6.07, 6.45) is 5.72. The first-order chi connectivity index (χ1) is 8.90. The Balaban J connectivity index is 2.56. The highest BCUT2D eigenvalue weighted by Gasteiger charge is 2.37. The molecule has 110 valence electrons. The van der Waals surface area contributed by atoms with Gasteiger partial charge < -0.3 is 4.74 Å². The van der Waals surface area contributed by atoms with Gasteiger partial charge in [0.15, 0.2) is 0 Å². The van der Waals surface area contributed by atoms with Crippen molar-refractivity contribution in [3.8, 4) is 6.07 Å². The van der Waals surface area contributed by atoms with Crippen molar-refractivity contribution < 1.29 is 4.74 Å². The lowest BCUT2D eigenvalue weighted by molar-refractivity contribution is -0.0343. The van der Waals surface area contributed by atoms with Gasteiger partial charge in [0.25, 0.3) is 0 Å². The lowest BCUT2D eigenvalue weighted by atomic mass is 9.67. The van der Waals surface area contributed by atoms with E-state index in [0.29, 0.717) is 17.3 Å². The SMILES string of the molecule is CCC(C)(C)C1CCC(C#N)C(OCCC(C)C)C1. The highest BCUT2D eigenvalue weighted by Crippen LogP contribution is 2.42. The fourth-order valence-electron chi connectivity index (χ4n) is 2.91. The molecule has 19 heavy (non-hydrogen) atoms. The van der Waals surface area contributed by atoms with Crippen molar-refractivity contribution in [2.45, 2.75) is 72.8 Å². The molecule has 0 bridgehead atoms. The van der Waals surface area contributed by atoms with Gasteiger partial charge in [-0.2, -0.15) is 5.26 Å². The molecule has 2 nitrogen and oxygen atoms in total. The van der Waals surface area contributed by atoms with Crippen LogP contribution in [0.15, 0.2) is 0 Å². The number of nitrogens with zero attached hydrogens (tertiary/aromatic N) is 1. The molecule has 0 saturated heterocycles. The minimum absolute atomic E-state index is 0.107. The topological polar surface area (TPSA) is 33.0 Å². The number of ether oxygens (including phenoxy) is 1. The van der Waals surface area contributed by atoms with Gasteiger partial charge in [0.05, 0.1) is 18.1 Å². The summed E-state index contributed by atoms with van der Waals surface area (Å²) < 4.78 is 6.04. The Bertz CT molecular complexity index is 303. The predicted molar refractivity (Wildman–Crippen MR) is 79.7 cm³/mol. The molecule has 3 atom stereocenters. The maximum atomic E-state index is 9.29. The van der Waals surface area contributed by atoms with Crippen molar-refractivity contribution in [3.63, 3.8) is 0 Å². The largest absolute Gasteiger partial charge is 0.377 e. The molecule has 0 aromatic rings. The third-order valence-electron chi connectivity index (χ3n) is 5.00. The van der Waals surface area contributed by atoms with Crippen LogP contribution in [0.3, 0.4) is 0 Å². The summed E-state index contributed by atoms with van der Waals surface area (Å²) in [6, 6.07) is 2.46. The Labute approximate surface area is 119 Å². The maximum absolute atomic E-state index is 9.29. The lowest BCUT2D eigenvalue weighted by Gasteiger charge is -2.41. The Morgan fingerprint density at radius 3 is 2.53 bits per heavy atom. The number of rotatable bonds is 6. The van der Waals surface area contributed by atoms with E-state index < -0.39 is 0 Å². The summed E-state index contributed by atoms with van der Waals surface area (Å²) in [4.78, 5) is 0. The van der Waals surface area contributed by atoms with Crippen molar-refractivity contribution in [1.29, 1.82) is 5.26 Å². The lowest BCUT2D eigenvalue weighted by Crippen LogP contribution is -2.37. The molecule has 1 saturated carbocycles. The van der Waals surface area contributed by atoms with E-state index in [9.17, 15) is 5.26 Å². The van der Waals surface area contributed by atoms with Crippen molar-refractivity contribution in [1.82, 2.24) is 0 Å². The van der Waals surface area contributed by atoms with Gasteiger partial charge in [0, 0.05) is 6.61 Å². The van der Waals surface area contributed by atoms with Crippen molar-refractivity contribution in [2.75, 3.05) is 6.61 Å². The summed E-state index contributed by atoms with van der Waals surface area (Å²) in [7, 11) is 0. The van der Waals surface area contributed by atoms with Crippen LogP contribution in [-0.4, -0.2) is 12.7 Å². The fourth-order valence-corrected chi connectivity index (χ4v) is 2.91. The maximum Gasteiger partial charge on any atom is 0.0736 e. The van der Waals surface area contributed by atoms with Crippen molar-refractivity contribution in [3.05, 3.63) is 0 Å². The van der Waals surface area contributed by atoms with E-state index in [1.165, 1.54) is 12.8 Å². The third-order valence-corrected chi connectivity index (χ3v) is 5.00. The molecule has 0 aromatic carbocycles. The van der Waals surface area contributed by atoms with Crippen LogP contribution < -0.4 is 0 Å². The van der Waals surface area contributed by atoms with Crippen molar-refractivity contribution >= 4 is 0 Å². The van der Waals surface area contributed by atoms with E-state index in [1.54, 1.807) is 0 Å². The normalized spacial score (nSPS) is 28.4. The fraction of sp³-hybridized carbons (Fsp3) is 0.941. The van der Waals surface area contributed by atoms with Crippen LogP contribution in [0.25, 0.3) is 0 Å². The molecule has 1 fully saturated rings. The van der Waals surface area contributed by atoms with E-state index in [-0.39, 0.29) is 12.0 Å². The van der Waals surface area contributed by atoms with Gasteiger partial charge in [-0.25, -0.2) is 0 Å². The van der Waals surface area contributed by atoms with E-state index in [1.807, 2.05) is 0 Å². The average Bonchev–Trinajstić information content (AvgIpc) is 2.38. The number of nitriles is 1. The third kappa shape index (κ3) is 4.80. The zero-order valence-corrected chi connectivity index (χ0v) is 13.4. The van der Waals surface area contributed by atoms with E-state index in [0.717, 1.165) is 25.9 Å². The zero-order valence-electron chi connectivity index (χ0n) is 13.4. The van der Waals surface area contributed by atoms with E-state index in [2.05, 4.69) is 40.7 Å². The van der Waals surface area contributed by atoms with Crippen LogP contribution in [0.5, 0.6) is 0 Å². The predicted octanol–water partition coefficient (Wildman–Crippen LogP) is 4.79. The van der Waals surface area contributed by atoms with Crippen LogP contribution >= 0.6 is 0 Å². The van der Waals surface area contributed by atoms with Crippen LogP contribution in [0.2, 0.25) is 0 Å². The number of hydrogen-bond acceptors (Lipinski definition) is 2. The molecule has 3 unspecified atom stereocenters. The smallest absolute Gasteiger partial charge is 0.0736 e. The van der Waals surface area contributed by atoms with Gasteiger partial charge in [-0.3, -0.25) is 0 Å². The zero-order chi connectivity index (χ0) is 14.5. The minimum atomic E-state index is 0.107. The summed E-state index contributed by atoms with van der Waals surface area (Å²) in [5.74, 6) is 1.48. The molecular formula is C17H31NO. The summed E-state index contributed by atoms with van der Waals surface area (Å²) >= 11 is 0. The van der Waals surface area contributed by atoms with Crippen LogP contribution in [-0.2, 0) is 4.74 Å². The Morgan fingerprint density at radius 1 is 1.32 bits per heavy atom. The van der Waals surface area contributed by atoms with Gasteiger partial charge in [-0.05, 0) is 42.9 Å². The van der Waals surface area contributed by atoms with Crippen LogP contribution in [0.4, 0.5) is 0 Å². The van der Waals surface area contributed by atoms with Crippen molar-refractivity contribution in [2.24, 2.45) is 23.2 Å².